The number of aliphatic hydroxyl groups excluding tert-OH is 2. The van der Waals surface area contributed by atoms with Gasteiger partial charge in [0.05, 0.1) is 12.1 Å². The van der Waals surface area contributed by atoms with E-state index in [1.165, 1.54) is 0 Å². The number of carbonyl (C=O) groups is 4. The van der Waals surface area contributed by atoms with Gasteiger partial charge in [0.1, 0.15) is 30.9 Å². The van der Waals surface area contributed by atoms with Crippen molar-refractivity contribution in [3.63, 3.8) is 0 Å². The van der Waals surface area contributed by atoms with Crippen LogP contribution in [0.15, 0.2) is 91.0 Å². The SMILES string of the molecule is CC(C)[C@H](NC(=O)OCc1ccccc1)C(=O)N[C@@H](Cc1ccccc1)[C@@H](O)[C@@H](O)[C@H](Cc1ccccc1)NC(=O)[C@@H](NC(=O)N1CCN(C)CC1)C(C)C. The maximum atomic E-state index is 14.0. The second-order valence-corrected chi connectivity index (χ2v) is 15.0. The standard InChI is InChI=1S/C42H58N6O7/c1-28(2)35(45-41(53)48-23-21-47(5)22-24-48)39(51)43-33(25-30-15-9-6-10-16-30)37(49)38(50)34(26-31-17-11-7-12-18-31)44-40(52)36(29(3)4)46-42(54)55-27-32-19-13-8-14-20-32/h6-20,28-29,33-38,49-50H,21-27H2,1-5H3,(H,43,51)(H,44,52)(H,45,53)(H,46,54)/t33-,34-,35-,36-,37-,38+/m0/s1. The van der Waals surface area contributed by atoms with E-state index < -0.39 is 54.3 Å². The Kier molecular flexibility index (Phi) is 16.5. The average Bonchev–Trinajstić information content (AvgIpc) is 3.18. The highest BCUT2D eigenvalue weighted by molar-refractivity contribution is 5.88. The van der Waals surface area contributed by atoms with E-state index in [0.29, 0.717) is 13.1 Å². The summed E-state index contributed by atoms with van der Waals surface area (Å²) in [6.45, 7) is 9.75. The molecule has 0 spiro atoms. The average molecular weight is 759 g/mol. The molecule has 13 nitrogen and oxygen atoms in total. The number of likely N-dealkylation sites (N-methyl/N-ethyl adjacent to an activating group) is 1. The number of benzene rings is 3. The van der Waals surface area contributed by atoms with Gasteiger partial charge in [-0.05, 0) is 48.4 Å². The molecule has 13 heteroatoms. The molecule has 1 aliphatic rings. The predicted molar refractivity (Wildman–Crippen MR) is 211 cm³/mol. The van der Waals surface area contributed by atoms with E-state index >= 15 is 0 Å². The maximum absolute atomic E-state index is 14.0. The highest BCUT2D eigenvalue weighted by Crippen LogP contribution is 2.17. The molecule has 298 valence electrons. The molecule has 1 saturated heterocycles. The minimum atomic E-state index is -1.58. The molecule has 3 aromatic rings. The van der Waals surface area contributed by atoms with E-state index in [1.54, 1.807) is 18.7 Å². The van der Waals surface area contributed by atoms with Crippen LogP contribution < -0.4 is 21.3 Å². The highest BCUT2D eigenvalue weighted by atomic mass is 16.5. The zero-order valence-corrected chi connectivity index (χ0v) is 32.6. The van der Waals surface area contributed by atoms with Crippen LogP contribution in [0.1, 0.15) is 44.4 Å². The molecule has 0 saturated carbocycles. The largest absolute Gasteiger partial charge is 0.445 e. The fourth-order valence-electron chi connectivity index (χ4n) is 6.47. The maximum Gasteiger partial charge on any atom is 0.408 e. The van der Waals surface area contributed by atoms with Crippen molar-refractivity contribution in [3.8, 4) is 0 Å². The Hall–Kier alpha value is -4.98. The van der Waals surface area contributed by atoms with Crippen LogP contribution in [0.4, 0.5) is 9.59 Å². The fraction of sp³-hybridized carbons (Fsp3) is 0.476. The van der Waals surface area contributed by atoms with Crippen molar-refractivity contribution in [2.45, 2.75) is 83.5 Å². The monoisotopic (exact) mass is 758 g/mol. The van der Waals surface area contributed by atoms with Crippen LogP contribution in [-0.4, -0.2) is 114 Å². The van der Waals surface area contributed by atoms with Gasteiger partial charge in [0, 0.05) is 26.2 Å². The summed E-state index contributed by atoms with van der Waals surface area (Å²) in [6.07, 6.45) is -3.63. The van der Waals surface area contributed by atoms with Crippen molar-refractivity contribution in [2.24, 2.45) is 11.8 Å². The van der Waals surface area contributed by atoms with Crippen LogP contribution in [0.5, 0.6) is 0 Å². The van der Waals surface area contributed by atoms with E-state index in [2.05, 4.69) is 26.2 Å². The number of aliphatic hydroxyl groups is 2. The Balaban J connectivity index is 1.54. The van der Waals surface area contributed by atoms with Crippen molar-refractivity contribution in [1.29, 1.82) is 0 Å². The van der Waals surface area contributed by atoms with Crippen molar-refractivity contribution in [3.05, 3.63) is 108 Å². The number of nitrogens with one attached hydrogen (secondary N) is 4. The topological polar surface area (TPSA) is 173 Å². The van der Waals surface area contributed by atoms with Gasteiger partial charge in [-0.2, -0.15) is 0 Å². The van der Waals surface area contributed by atoms with Gasteiger partial charge in [-0.3, -0.25) is 9.59 Å². The quantitative estimate of drug-likeness (QED) is 0.122. The van der Waals surface area contributed by atoms with Crippen molar-refractivity contribution in [2.75, 3.05) is 33.2 Å². The van der Waals surface area contributed by atoms with Crippen LogP contribution in [0.3, 0.4) is 0 Å². The van der Waals surface area contributed by atoms with E-state index in [1.807, 2.05) is 112 Å². The first kappa shape index (κ1) is 42.8. The van der Waals surface area contributed by atoms with Gasteiger partial charge in [0.15, 0.2) is 0 Å². The summed E-state index contributed by atoms with van der Waals surface area (Å²) in [5.74, 6) is -1.73. The molecule has 1 fully saturated rings. The second-order valence-electron chi connectivity index (χ2n) is 15.0. The summed E-state index contributed by atoms with van der Waals surface area (Å²) in [7, 11) is 1.99. The van der Waals surface area contributed by atoms with Crippen LogP contribution >= 0.6 is 0 Å². The number of ether oxygens (including phenoxy) is 1. The van der Waals surface area contributed by atoms with Gasteiger partial charge >= 0.3 is 12.1 Å². The molecule has 6 N–H and O–H groups in total. The first-order valence-corrected chi connectivity index (χ1v) is 19.1. The van der Waals surface area contributed by atoms with Gasteiger partial charge in [0.2, 0.25) is 11.8 Å². The van der Waals surface area contributed by atoms with Gasteiger partial charge in [0.25, 0.3) is 0 Å². The number of hydrogen-bond acceptors (Lipinski definition) is 8. The molecule has 1 heterocycles. The molecule has 5 amide bonds. The molecule has 0 bridgehead atoms. The van der Waals surface area contributed by atoms with Crippen LogP contribution in [0.2, 0.25) is 0 Å². The smallest absolute Gasteiger partial charge is 0.408 e. The minimum Gasteiger partial charge on any atom is -0.445 e. The Morgan fingerprint density at radius 2 is 1.00 bits per heavy atom. The number of piperazine rings is 1. The lowest BCUT2D eigenvalue weighted by molar-refractivity contribution is -0.129. The Morgan fingerprint density at radius 1 is 0.600 bits per heavy atom. The van der Waals surface area contributed by atoms with Gasteiger partial charge in [-0.1, -0.05) is 119 Å². The van der Waals surface area contributed by atoms with E-state index in [0.717, 1.165) is 29.8 Å². The lowest BCUT2D eigenvalue weighted by Gasteiger charge is -2.36. The summed E-state index contributed by atoms with van der Waals surface area (Å²) in [4.78, 5) is 57.7. The highest BCUT2D eigenvalue weighted by Gasteiger charge is 2.38. The number of amides is 5. The Morgan fingerprint density at radius 3 is 1.42 bits per heavy atom. The number of alkyl carbamates (subject to hydrolysis) is 1. The summed E-state index contributed by atoms with van der Waals surface area (Å²) in [6, 6.07) is 23.3. The van der Waals surface area contributed by atoms with Gasteiger partial charge in [-0.25, -0.2) is 9.59 Å². The fourth-order valence-corrected chi connectivity index (χ4v) is 6.47. The van der Waals surface area contributed by atoms with Gasteiger partial charge in [-0.15, -0.1) is 0 Å². The summed E-state index contributed by atoms with van der Waals surface area (Å²) >= 11 is 0. The third-order valence-corrected chi connectivity index (χ3v) is 9.88. The number of hydrogen-bond donors (Lipinski definition) is 6. The summed E-state index contributed by atoms with van der Waals surface area (Å²) < 4.78 is 5.38. The lowest BCUT2D eigenvalue weighted by atomic mass is 9.90. The van der Waals surface area contributed by atoms with Crippen molar-refractivity contribution in [1.82, 2.24) is 31.1 Å². The Bertz CT molecular complexity index is 1640. The first-order valence-electron chi connectivity index (χ1n) is 19.1. The van der Waals surface area contributed by atoms with Crippen molar-refractivity contribution >= 4 is 23.9 Å². The molecule has 0 aliphatic carbocycles. The molecule has 3 aromatic carbocycles. The van der Waals surface area contributed by atoms with Crippen LogP contribution in [0.25, 0.3) is 0 Å². The normalized spacial score (nSPS) is 16.6. The molecule has 0 unspecified atom stereocenters. The van der Waals surface area contributed by atoms with Gasteiger partial charge < -0.3 is 46.0 Å². The zero-order valence-electron chi connectivity index (χ0n) is 32.6. The number of nitrogens with zero attached hydrogens (tertiary/aromatic N) is 2. The zero-order chi connectivity index (χ0) is 39.9. The number of urea groups is 1. The first-order chi connectivity index (χ1) is 26.3. The molecular weight excluding hydrogens is 700 g/mol. The van der Waals surface area contributed by atoms with Crippen LogP contribution in [-0.2, 0) is 33.8 Å². The lowest BCUT2D eigenvalue weighted by Crippen LogP contribution is -2.62. The third-order valence-electron chi connectivity index (χ3n) is 9.88. The molecule has 1 aliphatic heterocycles. The second kappa shape index (κ2) is 21.2. The summed E-state index contributed by atoms with van der Waals surface area (Å²) in [5, 5.41) is 35.2. The third kappa shape index (κ3) is 13.4. The number of carbonyl (C=O) groups excluding carboxylic acids is 4. The van der Waals surface area contributed by atoms with E-state index in [4.69, 9.17) is 4.74 Å². The van der Waals surface area contributed by atoms with E-state index in [9.17, 15) is 29.4 Å². The molecule has 0 radical (unpaired) electrons. The summed E-state index contributed by atoms with van der Waals surface area (Å²) in [5.41, 5.74) is 2.37. The number of rotatable bonds is 17. The molecule has 6 atom stereocenters. The predicted octanol–water partition coefficient (Wildman–Crippen LogP) is 3.10. The molecular formula is C42H58N6O7. The minimum absolute atomic E-state index is 0.0202. The van der Waals surface area contributed by atoms with Crippen molar-refractivity contribution < 1.29 is 34.1 Å². The molecule has 55 heavy (non-hydrogen) atoms. The van der Waals surface area contributed by atoms with Crippen LogP contribution in [0, 0.1) is 11.8 Å². The van der Waals surface area contributed by atoms with E-state index in [-0.39, 0.29) is 37.3 Å². The molecule has 0 aromatic heterocycles. The Labute approximate surface area is 324 Å². The molecule has 4 rings (SSSR count).